The Kier molecular flexibility index (Phi) is 8.42. The molecule has 4 rings (SSSR count). The fourth-order valence-electron chi connectivity index (χ4n) is 4.84. The molecule has 1 heterocycles. The van der Waals surface area contributed by atoms with Gasteiger partial charge in [-0.05, 0) is 56.2 Å². The summed E-state index contributed by atoms with van der Waals surface area (Å²) in [5.41, 5.74) is -0.533. The third-order valence-electron chi connectivity index (χ3n) is 7.26. The van der Waals surface area contributed by atoms with Gasteiger partial charge in [-0.25, -0.2) is 8.42 Å². The molecule has 0 saturated heterocycles. The quantitative estimate of drug-likeness (QED) is 0.303. The van der Waals surface area contributed by atoms with E-state index in [1.807, 2.05) is 38.1 Å². The highest BCUT2D eigenvalue weighted by molar-refractivity contribution is 7.92. The van der Waals surface area contributed by atoms with Gasteiger partial charge in [0, 0.05) is 12.0 Å². The van der Waals surface area contributed by atoms with E-state index < -0.39 is 50.9 Å². The van der Waals surface area contributed by atoms with Crippen molar-refractivity contribution in [3.63, 3.8) is 0 Å². The number of ether oxygens (including phenoxy) is 1. The topological polar surface area (TPSA) is 75.7 Å². The van der Waals surface area contributed by atoms with Crippen LogP contribution in [-0.2, 0) is 21.0 Å². The van der Waals surface area contributed by atoms with Gasteiger partial charge in [0.15, 0.2) is 0 Å². The molecule has 0 saturated carbocycles. The van der Waals surface area contributed by atoms with E-state index in [0.717, 1.165) is 23.3 Å². The zero-order chi connectivity index (χ0) is 29.3. The predicted octanol–water partition coefficient (Wildman–Crippen LogP) is 7.06. The Balaban J connectivity index is 1.72. The molecule has 3 aromatic rings. The van der Waals surface area contributed by atoms with Crippen LogP contribution in [0.4, 0.5) is 18.9 Å². The lowest BCUT2D eigenvalue weighted by atomic mass is 9.83. The third kappa shape index (κ3) is 6.07. The highest BCUT2D eigenvalue weighted by atomic mass is 35.5. The fourth-order valence-corrected chi connectivity index (χ4v) is 6.48. The van der Waals surface area contributed by atoms with Gasteiger partial charge in [0.05, 0.1) is 27.2 Å². The molecule has 1 N–H and O–H groups in total. The highest BCUT2D eigenvalue weighted by Gasteiger charge is 2.40. The number of para-hydroxylation sites is 1. The van der Waals surface area contributed by atoms with Crippen LogP contribution in [0, 0.1) is 6.92 Å². The summed E-state index contributed by atoms with van der Waals surface area (Å²) < 4.78 is 75.4. The molecule has 3 aromatic carbocycles. The van der Waals surface area contributed by atoms with Crippen molar-refractivity contribution in [2.45, 2.75) is 62.7 Å². The van der Waals surface area contributed by atoms with Crippen LogP contribution in [0.25, 0.3) is 0 Å². The first kappa shape index (κ1) is 29.7. The highest BCUT2D eigenvalue weighted by Crippen LogP contribution is 2.43. The summed E-state index contributed by atoms with van der Waals surface area (Å²) in [6.45, 7) is 5.00. The number of anilines is 1. The second kappa shape index (κ2) is 11.3. The number of aryl methyl sites for hydroxylation is 1. The number of benzene rings is 3. The van der Waals surface area contributed by atoms with Crippen LogP contribution in [0.2, 0.25) is 5.02 Å². The van der Waals surface area contributed by atoms with Crippen LogP contribution in [0.5, 0.6) is 5.75 Å². The second-order valence-electron chi connectivity index (χ2n) is 9.84. The molecular weight excluding hydrogens is 565 g/mol. The van der Waals surface area contributed by atoms with Crippen molar-refractivity contribution in [3.8, 4) is 5.75 Å². The van der Waals surface area contributed by atoms with Gasteiger partial charge in [-0.3, -0.25) is 9.10 Å². The molecule has 1 amide bonds. The van der Waals surface area contributed by atoms with E-state index >= 15 is 0 Å². The van der Waals surface area contributed by atoms with Crippen LogP contribution >= 0.6 is 11.6 Å². The van der Waals surface area contributed by atoms with Crippen LogP contribution in [0.3, 0.4) is 0 Å². The molecule has 0 fully saturated rings. The van der Waals surface area contributed by atoms with Crippen LogP contribution < -0.4 is 14.4 Å². The first-order valence-electron chi connectivity index (χ1n) is 12.8. The zero-order valence-electron chi connectivity index (χ0n) is 22.3. The van der Waals surface area contributed by atoms with Crippen LogP contribution in [0.15, 0.2) is 71.6 Å². The minimum atomic E-state index is -4.83. The predicted molar refractivity (Wildman–Crippen MR) is 148 cm³/mol. The van der Waals surface area contributed by atoms with Crippen molar-refractivity contribution < 1.29 is 31.1 Å². The van der Waals surface area contributed by atoms with Crippen molar-refractivity contribution in [2.24, 2.45) is 0 Å². The molecular formula is C29H30ClF3N2O4S. The number of sulfonamides is 1. The molecule has 11 heteroatoms. The molecule has 1 aliphatic heterocycles. The molecule has 40 heavy (non-hydrogen) atoms. The van der Waals surface area contributed by atoms with Crippen molar-refractivity contribution in [1.29, 1.82) is 0 Å². The molecule has 6 nitrogen and oxygen atoms in total. The van der Waals surface area contributed by atoms with Gasteiger partial charge in [-0.1, -0.05) is 61.3 Å². The number of hydrogen-bond acceptors (Lipinski definition) is 4. The summed E-state index contributed by atoms with van der Waals surface area (Å²) in [5.74, 6) is -0.0543. The molecule has 0 bridgehead atoms. The maximum atomic E-state index is 13.7. The number of rotatable bonds is 8. The number of amides is 1. The second-order valence-corrected chi connectivity index (χ2v) is 12.1. The Morgan fingerprint density at radius 2 is 1.73 bits per heavy atom. The summed E-state index contributed by atoms with van der Waals surface area (Å²) in [6.07, 6.45) is -3.01. The van der Waals surface area contributed by atoms with E-state index in [1.54, 1.807) is 19.1 Å². The van der Waals surface area contributed by atoms with E-state index in [2.05, 4.69) is 5.32 Å². The number of nitrogens with zero attached hydrogens (tertiary/aromatic N) is 1. The number of alkyl halides is 3. The van der Waals surface area contributed by atoms with E-state index in [-0.39, 0.29) is 10.6 Å². The van der Waals surface area contributed by atoms with E-state index in [1.165, 1.54) is 12.1 Å². The maximum absolute atomic E-state index is 13.7. The van der Waals surface area contributed by atoms with Gasteiger partial charge in [0.1, 0.15) is 17.9 Å². The van der Waals surface area contributed by atoms with Gasteiger partial charge in [0.2, 0.25) is 5.91 Å². The van der Waals surface area contributed by atoms with Crippen molar-refractivity contribution >= 4 is 33.2 Å². The zero-order valence-corrected chi connectivity index (χ0v) is 23.8. The molecule has 0 aliphatic carbocycles. The van der Waals surface area contributed by atoms with Crippen LogP contribution in [-0.4, -0.2) is 26.5 Å². The average Bonchev–Trinajstić information content (AvgIpc) is 2.91. The Morgan fingerprint density at radius 1 is 1.07 bits per heavy atom. The van der Waals surface area contributed by atoms with Gasteiger partial charge in [-0.2, -0.15) is 13.2 Å². The Bertz CT molecular complexity index is 1490. The number of carbonyl (C=O) groups is 1. The summed E-state index contributed by atoms with van der Waals surface area (Å²) >= 11 is 5.79. The maximum Gasteiger partial charge on any atom is 0.417 e. The number of halogens is 4. The van der Waals surface area contributed by atoms with Gasteiger partial charge < -0.3 is 10.1 Å². The molecule has 0 unspecified atom stereocenters. The minimum absolute atomic E-state index is 0.165. The molecule has 214 valence electrons. The summed E-state index contributed by atoms with van der Waals surface area (Å²) in [4.78, 5) is 13.3. The lowest BCUT2D eigenvalue weighted by Gasteiger charge is -2.41. The first-order valence-corrected chi connectivity index (χ1v) is 14.6. The number of nitrogens with one attached hydrogen (secondary N) is 1. The van der Waals surface area contributed by atoms with Gasteiger partial charge >= 0.3 is 6.18 Å². The number of carbonyl (C=O) groups excluding carboxylic acids is 1. The first-order chi connectivity index (χ1) is 18.8. The number of fused-ring (bicyclic) bond motifs is 1. The van der Waals surface area contributed by atoms with Gasteiger partial charge in [0.25, 0.3) is 10.0 Å². The van der Waals surface area contributed by atoms with Crippen LogP contribution in [0.1, 0.15) is 55.8 Å². The molecule has 0 spiro atoms. The Hall–Kier alpha value is -3.24. The Morgan fingerprint density at radius 3 is 2.35 bits per heavy atom. The van der Waals surface area contributed by atoms with E-state index in [0.29, 0.717) is 35.4 Å². The monoisotopic (exact) mass is 594 g/mol. The SMILES string of the molecule is CCC1(CC)C[C@@H](NC(=O)CN(c2ccc(Cl)c(C(F)(F)F)c2)S(=O)(=O)c2ccc(C)cc2)c2ccccc2O1. The third-order valence-corrected chi connectivity index (χ3v) is 9.38. The van der Waals surface area contributed by atoms with E-state index in [9.17, 15) is 26.4 Å². The van der Waals surface area contributed by atoms with E-state index in [4.69, 9.17) is 16.3 Å². The summed E-state index contributed by atoms with van der Waals surface area (Å²) in [6, 6.07) is 15.4. The molecule has 0 radical (unpaired) electrons. The Labute approximate surface area is 237 Å². The molecule has 1 aliphatic rings. The average molecular weight is 595 g/mol. The normalized spacial score (nSPS) is 16.5. The largest absolute Gasteiger partial charge is 0.487 e. The standard InChI is InChI=1S/C29H30ClF3N2O4S/c1-4-28(5-2)17-25(22-8-6-7-9-26(22)39-28)34-27(36)18-35(40(37,38)21-13-10-19(3)11-14-21)20-12-15-24(30)23(16-20)29(31,32)33/h6-16,25H,4-5,17-18H2,1-3H3,(H,34,36)/t25-/m1/s1. The smallest absolute Gasteiger partial charge is 0.417 e. The molecule has 1 atom stereocenters. The summed E-state index contributed by atoms with van der Waals surface area (Å²) in [5, 5.41) is 2.33. The fraction of sp³-hybridized carbons (Fsp3) is 0.345. The minimum Gasteiger partial charge on any atom is -0.487 e. The number of hydrogen-bond donors (Lipinski definition) is 1. The van der Waals surface area contributed by atoms with Gasteiger partial charge in [-0.15, -0.1) is 0 Å². The molecule has 0 aromatic heterocycles. The lowest BCUT2D eigenvalue weighted by molar-refractivity contribution is -0.137. The summed E-state index contributed by atoms with van der Waals surface area (Å²) in [7, 11) is -4.44. The van der Waals surface area contributed by atoms with Crippen molar-refractivity contribution in [1.82, 2.24) is 5.32 Å². The lowest BCUT2D eigenvalue weighted by Crippen LogP contribution is -2.47. The van der Waals surface area contributed by atoms with Crippen molar-refractivity contribution in [2.75, 3.05) is 10.8 Å². The van der Waals surface area contributed by atoms with Crippen molar-refractivity contribution in [3.05, 3.63) is 88.4 Å².